The molecule has 0 aliphatic heterocycles. The number of ketones is 2. The van der Waals surface area contributed by atoms with Gasteiger partial charge in [-0.25, -0.2) is 4.39 Å². The van der Waals surface area contributed by atoms with Crippen molar-refractivity contribution in [2.75, 3.05) is 6.61 Å². The lowest BCUT2D eigenvalue weighted by Crippen LogP contribution is -2.71. The Kier molecular flexibility index (Phi) is 7.95. The first-order valence-electron chi connectivity index (χ1n) is 18.4. The molecule has 7 saturated carbocycles. The molecular weight excluding hydrogens is 615 g/mol. The van der Waals surface area contributed by atoms with E-state index in [0.29, 0.717) is 42.6 Å². The monoisotopic (exact) mass is 666 g/mol. The standard InChI is InChI=1S/C39H51FO8/c1-6-32(43)46-21-30(42)39(48-33(44)7-2)22(3)12-29-28-9-8-26-16-27(41)10-11-35(26,4)38(28,40)31(20-36(29,39)5)47-34(45)37-17-23-13-24(18-37)15-25(14-23)19-37/h10-11,16,22-25,28-29,31H,6-9,12-15,17-21H2,1-5H3/t22-,23?,24?,25?,28-,29-,31-,35-,36-,37?,38?,39-/m0/s1. The number of carbonyl (C=O) groups excluding carboxylic acids is 5. The Morgan fingerprint density at radius 1 is 0.896 bits per heavy atom. The molecule has 8 rings (SSSR count). The van der Waals surface area contributed by atoms with Gasteiger partial charge in [-0.15, -0.1) is 0 Å². The van der Waals surface area contributed by atoms with Crippen LogP contribution in [-0.4, -0.2) is 53.5 Å². The second-order valence-electron chi connectivity index (χ2n) is 17.0. The SMILES string of the molecule is CCC(=O)OCC(=O)[C@@]1(OC(=O)CC)[C@@H](C)C[C@H]2[C@@H]3CCC4=CC(=O)C=C[C@]4(C)C3(F)[C@@H](OC(=O)C34CC5CC(CC(C5)C3)C4)C[C@@]21C. The predicted octanol–water partition coefficient (Wildman–Crippen LogP) is 6.58. The van der Waals surface area contributed by atoms with Gasteiger partial charge in [0.1, 0.15) is 6.10 Å². The summed E-state index contributed by atoms with van der Waals surface area (Å²) in [5, 5.41) is 0. The number of alkyl halides is 1. The first kappa shape index (κ1) is 33.6. The van der Waals surface area contributed by atoms with Gasteiger partial charge in [-0.2, -0.15) is 0 Å². The van der Waals surface area contributed by atoms with E-state index in [1.165, 1.54) is 6.08 Å². The van der Waals surface area contributed by atoms with E-state index in [9.17, 15) is 24.0 Å². The first-order chi connectivity index (χ1) is 22.7. The van der Waals surface area contributed by atoms with Crippen molar-refractivity contribution in [3.63, 3.8) is 0 Å². The van der Waals surface area contributed by atoms with Crippen LogP contribution in [0.1, 0.15) is 112 Å². The molecule has 8 nitrogen and oxygen atoms in total. The van der Waals surface area contributed by atoms with Gasteiger partial charge in [-0.05, 0) is 107 Å². The van der Waals surface area contributed by atoms with Crippen LogP contribution in [0, 0.1) is 51.8 Å². The summed E-state index contributed by atoms with van der Waals surface area (Å²) in [5.74, 6) is -2.27. The number of hydrogen-bond donors (Lipinski definition) is 0. The third kappa shape index (κ3) is 4.53. The highest BCUT2D eigenvalue weighted by molar-refractivity contribution is 6.01. The van der Waals surface area contributed by atoms with E-state index in [1.807, 2.05) is 20.8 Å². The van der Waals surface area contributed by atoms with Crippen LogP contribution in [0.3, 0.4) is 0 Å². The molecule has 4 bridgehead atoms. The van der Waals surface area contributed by atoms with Crippen molar-refractivity contribution in [3.05, 3.63) is 23.8 Å². The number of esters is 3. The smallest absolute Gasteiger partial charge is 0.312 e. The molecular formula is C39H51FO8. The Labute approximate surface area is 283 Å². The lowest BCUT2D eigenvalue weighted by Gasteiger charge is -2.63. The second-order valence-corrected chi connectivity index (χ2v) is 17.0. The van der Waals surface area contributed by atoms with E-state index in [0.717, 1.165) is 38.5 Å². The molecule has 0 amide bonds. The van der Waals surface area contributed by atoms with Gasteiger partial charge in [0.15, 0.2) is 23.7 Å². The number of Topliss-reactive ketones (excluding diaryl/α,β-unsaturated/α-hetero) is 1. The third-order valence-corrected chi connectivity index (χ3v) is 14.5. The molecule has 48 heavy (non-hydrogen) atoms. The maximum Gasteiger partial charge on any atom is 0.312 e. The number of carbonyl (C=O) groups is 5. The maximum atomic E-state index is 18.9. The maximum absolute atomic E-state index is 18.9. The van der Waals surface area contributed by atoms with Crippen LogP contribution >= 0.6 is 0 Å². The number of allylic oxidation sites excluding steroid dienone is 4. The summed E-state index contributed by atoms with van der Waals surface area (Å²) in [7, 11) is 0. The average Bonchev–Trinajstić information content (AvgIpc) is 3.25. The Morgan fingerprint density at radius 3 is 2.12 bits per heavy atom. The minimum Gasteiger partial charge on any atom is -0.458 e. The molecule has 0 spiro atoms. The topological polar surface area (TPSA) is 113 Å². The predicted molar refractivity (Wildman–Crippen MR) is 173 cm³/mol. The number of hydrogen-bond acceptors (Lipinski definition) is 8. The molecule has 0 N–H and O–H groups in total. The molecule has 0 heterocycles. The molecule has 0 aromatic carbocycles. The molecule has 262 valence electrons. The van der Waals surface area contributed by atoms with Crippen LogP contribution in [0.4, 0.5) is 4.39 Å². The lowest BCUT2D eigenvalue weighted by atomic mass is 9.44. The van der Waals surface area contributed by atoms with Crippen LogP contribution in [0.25, 0.3) is 0 Å². The van der Waals surface area contributed by atoms with Gasteiger partial charge in [-0.1, -0.05) is 39.3 Å². The molecule has 9 heteroatoms. The summed E-state index contributed by atoms with van der Waals surface area (Å²) < 4.78 is 37.2. The minimum absolute atomic E-state index is 0.0310. The molecule has 0 aromatic rings. The molecule has 0 radical (unpaired) electrons. The van der Waals surface area contributed by atoms with Gasteiger partial charge in [0.25, 0.3) is 0 Å². The highest BCUT2D eigenvalue weighted by Crippen LogP contribution is 2.72. The van der Waals surface area contributed by atoms with Crippen molar-refractivity contribution in [1.82, 2.24) is 0 Å². The molecule has 0 saturated heterocycles. The van der Waals surface area contributed by atoms with Crippen molar-refractivity contribution in [2.24, 2.45) is 51.8 Å². The summed E-state index contributed by atoms with van der Waals surface area (Å²) in [4.78, 5) is 66.9. The van der Waals surface area contributed by atoms with E-state index in [-0.39, 0.29) is 31.0 Å². The summed E-state index contributed by atoms with van der Waals surface area (Å²) >= 11 is 0. The largest absolute Gasteiger partial charge is 0.458 e. The zero-order valence-electron chi connectivity index (χ0n) is 29.1. The van der Waals surface area contributed by atoms with Gasteiger partial charge >= 0.3 is 17.9 Å². The van der Waals surface area contributed by atoms with Crippen molar-refractivity contribution < 1.29 is 42.6 Å². The first-order valence-corrected chi connectivity index (χ1v) is 18.4. The highest BCUT2D eigenvalue weighted by Gasteiger charge is 2.78. The van der Waals surface area contributed by atoms with Crippen LogP contribution in [0.15, 0.2) is 23.8 Å². The van der Waals surface area contributed by atoms with Gasteiger partial charge in [-0.3, -0.25) is 24.0 Å². The van der Waals surface area contributed by atoms with Crippen molar-refractivity contribution in [2.45, 2.75) is 129 Å². The Morgan fingerprint density at radius 2 is 1.52 bits per heavy atom. The zero-order chi connectivity index (χ0) is 34.4. The number of halogens is 1. The fourth-order valence-corrected chi connectivity index (χ4v) is 12.7. The lowest BCUT2D eigenvalue weighted by molar-refractivity contribution is -0.242. The average molecular weight is 667 g/mol. The van der Waals surface area contributed by atoms with E-state index in [2.05, 4.69) is 0 Å². The Balaban J connectivity index is 1.33. The summed E-state index contributed by atoms with van der Waals surface area (Å²) in [6.45, 7) is 8.31. The molecule has 8 atom stereocenters. The van der Waals surface area contributed by atoms with Crippen LogP contribution in [0.2, 0.25) is 0 Å². The summed E-state index contributed by atoms with van der Waals surface area (Å²) in [5.41, 5.74) is -6.03. The zero-order valence-corrected chi connectivity index (χ0v) is 29.1. The van der Waals surface area contributed by atoms with E-state index in [4.69, 9.17) is 14.2 Å². The van der Waals surface area contributed by atoms with E-state index >= 15 is 4.39 Å². The third-order valence-electron chi connectivity index (χ3n) is 14.5. The quantitative estimate of drug-likeness (QED) is 0.211. The van der Waals surface area contributed by atoms with Gasteiger partial charge in [0.2, 0.25) is 5.78 Å². The van der Waals surface area contributed by atoms with Crippen molar-refractivity contribution in [1.29, 1.82) is 0 Å². The number of fused-ring (bicyclic) bond motifs is 5. The second kappa shape index (κ2) is 11.3. The van der Waals surface area contributed by atoms with Gasteiger partial charge < -0.3 is 14.2 Å². The fourth-order valence-electron chi connectivity index (χ4n) is 12.7. The highest BCUT2D eigenvalue weighted by atomic mass is 19.1. The van der Waals surface area contributed by atoms with Crippen LogP contribution in [-0.2, 0) is 38.2 Å². The van der Waals surface area contributed by atoms with Crippen molar-refractivity contribution in [3.8, 4) is 0 Å². The Bertz CT molecular complexity index is 1460. The van der Waals surface area contributed by atoms with Gasteiger partial charge in [0.05, 0.1) is 5.41 Å². The van der Waals surface area contributed by atoms with Crippen LogP contribution in [0.5, 0.6) is 0 Å². The molecule has 7 fully saturated rings. The van der Waals surface area contributed by atoms with E-state index < -0.39 is 75.7 Å². The normalized spacial score (nSPS) is 46.6. The molecule has 1 unspecified atom stereocenters. The number of rotatable bonds is 8. The van der Waals surface area contributed by atoms with E-state index in [1.54, 1.807) is 26.0 Å². The van der Waals surface area contributed by atoms with Crippen molar-refractivity contribution >= 4 is 29.5 Å². The molecule has 0 aromatic heterocycles. The summed E-state index contributed by atoms with van der Waals surface area (Å²) in [6.07, 6.45) is 10.5. The van der Waals surface area contributed by atoms with Crippen LogP contribution < -0.4 is 0 Å². The minimum atomic E-state index is -2.07. The van der Waals surface area contributed by atoms with Gasteiger partial charge in [0, 0.05) is 35.5 Å². The molecule has 8 aliphatic carbocycles. The fraction of sp³-hybridized carbons (Fsp3) is 0.769. The summed E-state index contributed by atoms with van der Waals surface area (Å²) in [6, 6.07) is 0. The Hall–Kier alpha value is -2.84. The molecule has 8 aliphatic rings. The number of ether oxygens (including phenoxy) is 3.